The highest BCUT2D eigenvalue weighted by Gasteiger charge is 2.11. The highest BCUT2D eigenvalue weighted by Crippen LogP contribution is 2.37. The molecule has 1 aromatic rings. The van der Waals surface area contributed by atoms with E-state index in [1.807, 2.05) is 0 Å². The number of amidine groups is 1. The first-order valence-electron chi connectivity index (χ1n) is 4.52. The third kappa shape index (κ3) is 2.47. The molecule has 6 heteroatoms. The van der Waals surface area contributed by atoms with Crippen molar-refractivity contribution in [3.8, 4) is 17.2 Å². The van der Waals surface area contributed by atoms with Crippen LogP contribution in [0.15, 0.2) is 17.3 Å². The van der Waals surface area contributed by atoms with Crippen molar-refractivity contribution in [2.45, 2.75) is 6.42 Å². The Morgan fingerprint density at radius 2 is 1.81 bits per heavy atom. The van der Waals surface area contributed by atoms with Crippen LogP contribution in [0.2, 0.25) is 0 Å². The number of methoxy groups -OCH3 is 2. The van der Waals surface area contributed by atoms with E-state index in [1.165, 1.54) is 14.2 Å². The van der Waals surface area contributed by atoms with Crippen LogP contribution in [0.5, 0.6) is 17.2 Å². The van der Waals surface area contributed by atoms with Gasteiger partial charge in [-0.05, 0) is 17.7 Å². The van der Waals surface area contributed by atoms with Crippen LogP contribution in [0.3, 0.4) is 0 Å². The van der Waals surface area contributed by atoms with Gasteiger partial charge in [0, 0.05) is 6.42 Å². The number of oxime groups is 1. The Hall–Kier alpha value is -2.11. The first kappa shape index (κ1) is 12.0. The number of nitrogens with two attached hydrogens (primary N) is 1. The Bertz CT molecular complexity index is 379. The summed E-state index contributed by atoms with van der Waals surface area (Å²) in [6.07, 6.45) is 0.240. The van der Waals surface area contributed by atoms with Gasteiger partial charge in [-0.2, -0.15) is 0 Å². The molecule has 0 aliphatic rings. The zero-order chi connectivity index (χ0) is 12.1. The molecule has 0 atom stereocenters. The molecule has 0 fully saturated rings. The molecule has 0 saturated heterocycles. The minimum absolute atomic E-state index is 0.0646. The van der Waals surface area contributed by atoms with E-state index in [4.69, 9.17) is 20.4 Å². The van der Waals surface area contributed by atoms with Crippen LogP contribution in [0, 0.1) is 0 Å². The van der Waals surface area contributed by atoms with Crippen molar-refractivity contribution in [3.63, 3.8) is 0 Å². The summed E-state index contributed by atoms with van der Waals surface area (Å²) in [6.45, 7) is 0. The molecule has 0 amide bonds. The zero-order valence-electron chi connectivity index (χ0n) is 9.10. The van der Waals surface area contributed by atoms with E-state index < -0.39 is 0 Å². The van der Waals surface area contributed by atoms with E-state index in [-0.39, 0.29) is 29.5 Å². The number of hydrogen-bond acceptors (Lipinski definition) is 5. The average molecular weight is 226 g/mol. The summed E-state index contributed by atoms with van der Waals surface area (Å²) in [5.41, 5.74) is 6.09. The number of phenols is 1. The van der Waals surface area contributed by atoms with Gasteiger partial charge in [-0.25, -0.2) is 0 Å². The van der Waals surface area contributed by atoms with Crippen LogP contribution < -0.4 is 15.2 Å². The number of nitrogens with zero attached hydrogens (tertiary/aromatic N) is 1. The fraction of sp³-hybridized carbons (Fsp3) is 0.300. The van der Waals surface area contributed by atoms with Crippen LogP contribution in [-0.2, 0) is 6.42 Å². The predicted octanol–water partition coefficient (Wildman–Crippen LogP) is 0.698. The lowest BCUT2D eigenvalue weighted by Gasteiger charge is -2.10. The van der Waals surface area contributed by atoms with Crippen molar-refractivity contribution in [3.05, 3.63) is 17.7 Å². The van der Waals surface area contributed by atoms with Gasteiger partial charge in [-0.1, -0.05) is 5.16 Å². The molecule has 0 spiro atoms. The predicted molar refractivity (Wildman–Crippen MR) is 58.3 cm³/mol. The number of ether oxygens (including phenoxy) is 2. The van der Waals surface area contributed by atoms with Gasteiger partial charge in [-0.15, -0.1) is 0 Å². The van der Waals surface area contributed by atoms with Crippen LogP contribution >= 0.6 is 0 Å². The van der Waals surface area contributed by atoms with Gasteiger partial charge in [0.1, 0.15) is 5.84 Å². The molecule has 0 saturated carbocycles. The molecule has 0 unspecified atom stereocenters. The van der Waals surface area contributed by atoms with Gasteiger partial charge in [0.25, 0.3) is 0 Å². The number of phenolic OH excluding ortho intramolecular Hbond substituents is 1. The molecule has 4 N–H and O–H groups in total. The maximum atomic E-state index is 9.64. The third-order valence-electron chi connectivity index (χ3n) is 2.05. The Morgan fingerprint density at radius 3 is 2.19 bits per heavy atom. The van der Waals surface area contributed by atoms with Crippen molar-refractivity contribution in [1.82, 2.24) is 0 Å². The summed E-state index contributed by atoms with van der Waals surface area (Å²) in [5.74, 6) is 0.545. The maximum Gasteiger partial charge on any atom is 0.200 e. The van der Waals surface area contributed by atoms with E-state index in [2.05, 4.69) is 5.16 Å². The van der Waals surface area contributed by atoms with Crippen LogP contribution in [0.4, 0.5) is 0 Å². The number of aromatic hydroxyl groups is 1. The van der Waals surface area contributed by atoms with E-state index in [9.17, 15) is 5.11 Å². The van der Waals surface area contributed by atoms with Crippen molar-refractivity contribution in [2.75, 3.05) is 14.2 Å². The second kappa shape index (κ2) is 5.11. The Morgan fingerprint density at radius 1 is 1.31 bits per heavy atom. The fourth-order valence-corrected chi connectivity index (χ4v) is 1.29. The molecule has 0 aliphatic heterocycles. The summed E-state index contributed by atoms with van der Waals surface area (Å²) >= 11 is 0. The number of benzene rings is 1. The molecule has 16 heavy (non-hydrogen) atoms. The Labute approximate surface area is 92.9 Å². The summed E-state index contributed by atoms with van der Waals surface area (Å²) in [5, 5.41) is 21.0. The van der Waals surface area contributed by atoms with Crippen LogP contribution in [0.1, 0.15) is 5.56 Å². The van der Waals surface area contributed by atoms with Gasteiger partial charge >= 0.3 is 0 Å². The van der Waals surface area contributed by atoms with Gasteiger partial charge in [0.15, 0.2) is 11.5 Å². The van der Waals surface area contributed by atoms with E-state index in [0.717, 1.165) is 0 Å². The smallest absolute Gasteiger partial charge is 0.200 e. The molecule has 6 nitrogen and oxygen atoms in total. The summed E-state index contributed by atoms with van der Waals surface area (Å²) < 4.78 is 9.94. The second-order valence-corrected chi connectivity index (χ2v) is 3.12. The highest BCUT2D eigenvalue weighted by atomic mass is 16.5. The van der Waals surface area contributed by atoms with E-state index >= 15 is 0 Å². The normalized spacial score (nSPS) is 11.2. The minimum atomic E-state index is -0.0757. The van der Waals surface area contributed by atoms with Gasteiger partial charge in [-0.3, -0.25) is 0 Å². The molecule has 0 bridgehead atoms. The molecule has 0 heterocycles. The second-order valence-electron chi connectivity index (χ2n) is 3.12. The summed E-state index contributed by atoms with van der Waals surface area (Å²) in [6, 6.07) is 3.19. The third-order valence-corrected chi connectivity index (χ3v) is 2.05. The number of rotatable bonds is 4. The van der Waals surface area contributed by atoms with Crippen LogP contribution in [-0.4, -0.2) is 30.4 Å². The zero-order valence-corrected chi connectivity index (χ0v) is 9.10. The Kier molecular flexibility index (Phi) is 3.82. The van der Waals surface area contributed by atoms with E-state index in [0.29, 0.717) is 5.56 Å². The molecular weight excluding hydrogens is 212 g/mol. The monoisotopic (exact) mass is 226 g/mol. The lowest BCUT2D eigenvalue weighted by Crippen LogP contribution is -2.14. The quantitative estimate of drug-likeness (QED) is 0.304. The largest absolute Gasteiger partial charge is 0.502 e. The first-order chi connectivity index (χ1) is 7.62. The standard InChI is InChI=1S/C10H14N2O4/c1-15-7-3-6(5-9(11)12-14)4-8(16-2)10(7)13/h3-4,13-14H,5H2,1-2H3,(H2,11,12). The maximum absolute atomic E-state index is 9.64. The van der Waals surface area contributed by atoms with E-state index in [1.54, 1.807) is 12.1 Å². The summed E-state index contributed by atoms with van der Waals surface area (Å²) in [4.78, 5) is 0. The fourth-order valence-electron chi connectivity index (χ4n) is 1.29. The topological polar surface area (TPSA) is 97.3 Å². The average Bonchev–Trinajstić information content (AvgIpc) is 2.30. The number of hydrogen-bond donors (Lipinski definition) is 3. The van der Waals surface area contributed by atoms with Crippen LogP contribution in [0.25, 0.3) is 0 Å². The minimum Gasteiger partial charge on any atom is -0.502 e. The van der Waals surface area contributed by atoms with Gasteiger partial charge in [0.05, 0.1) is 14.2 Å². The molecule has 0 aliphatic carbocycles. The van der Waals surface area contributed by atoms with Crippen molar-refractivity contribution in [2.24, 2.45) is 10.9 Å². The molecular formula is C10H14N2O4. The SMILES string of the molecule is COc1cc(CC(N)=NO)cc(OC)c1O. The van der Waals surface area contributed by atoms with Gasteiger partial charge < -0.3 is 25.5 Å². The molecule has 0 aromatic heterocycles. The molecule has 1 aromatic carbocycles. The molecule has 88 valence electrons. The van der Waals surface area contributed by atoms with Crippen molar-refractivity contribution in [1.29, 1.82) is 0 Å². The van der Waals surface area contributed by atoms with Gasteiger partial charge in [0.2, 0.25) is 5.75 Å². The first-order valence-corrected chi connectivity index (χ1v) is 4.52. The lowest BCUT2D eigenvalue weighted by atomic mass is 10.1. The lowest BCUT2D eigenvalue weighted by molar-refractivity contribution is 0.317. The van der Waals surface area contributed by atoms with Crippen molar-refractivity contribution >= 4 is 5.84 Å². The Balaban J connectivity index is 3.11. The van der Waals surface area contributed by atoms with Crippen molar-refractivity contribution < 1.29 is 19.8 Å². The molecule has 1 rings (SSSR count). The highest BCUT2D eigenvalue weighted by molar-refractivity contribution is 5.82. The molecule has 0 radical (unpaired) electrons. The summed E-state index contributed by atoms with van der Waals surface area (Å²) in [7, 11) is 2.86.